The Morgan fingerprint density at radius 2 is 1.83 bits per heavy atom. The van der Waals surface area contributed by atoms with Crippen molar-refractivity contribution in [3.8, 4) is 11.5 Å². The summed E-state index contributed by atoms with van der Waals surface area (Å²) in [5, 5.41) is 3.27. The van der Waals surface area contributed by atoms with Gasteiger partial charge in [0.05, 0.1) is 5.56 Å². The van der Waals surface area contributed by atoms with Crippen molar-refractivity contribution in [3.63, 3.8) is 0 Å². The number of fused-ring (bicyclic) bond motifs is 1. The van der Waals surface area contributed by atoms with Crippen LogP contribution in [0.5, 0.6) is 0 Å². The van der Waals surface area contributed by atoms with E-state index < -0.39 is 5.78 Å². The first-order valence-corrected chi connectivity index (χ1v) is 10.1. The van der Waals surface area contributed by atoms with E-state index in [9.17, 15) is 9.59 Å². The van der Waals surface area contributed by atoms with E-state index in [1.165, 1.54) is 0 Å². The lowest BCUT2D eigenvalue weighted by Crippen LogP contribution is -2.21. The maximum atomic E-state index is 12.2. The molecule has 0 aliphatic rings. The highest BCUT2D eigenvalue weighted by atomic mass is 16.3. The molecule has 3 aromatic rings. The second-order valence-electron chi connectivity index (χ2n) is 7.32. The predicted octanol–water partition coefficient (Wildman–Crippen LogP) is 3.70. The van der Waals surface area contributed by atoms with E-state index in [2.05, 4.69) is 33.9 Å². The van der Waals surface area contributed by atoms with E-state index in [0.29, 0.717) is 29.8 Å². The number of nitrogens with zero attached hydrogens (tertiary/aromatic N) is 3. The van der Waals surface area contributed by atoms with Gasteiger partial charge in [0.15, 0.2) is 11.9 Å². The molecule has 0 aliphatic heterocycles. The van der Waals surface area contributed by atoms with E-state index >= 15 is 0 Å². The highest BCUT2D eigenvalue weighted by Crippen LogP contribution is 2.30. The summed E-state index contributed by atoms with van der Waals surface area (Å²) in [4.78, 5) is 32.2. The predicted molar refractivity (Wildman–Crippen MR) is 120 cm³/mol. The van der Waals surface area contributed by atoms with Crippen LogP contribution < -0.4 is 10.2 Å². The van der Waals surface area contributed by atoms with Crippen LogP contribution in [0.2, 0.25) is 0 Å². The molecule has 0 saturated heterocycles. The number of benzene rings is 2. The molecule has 0 aliphatic carbocycles. The molecule has 0 spiro atoms. The van der Waals surface area contributed by atoms with Crippen LogP contribution >= 0.6 is 0 Å². The Labute approximate surface area is 176 Å². The van der Waals surface area contributed by atoms with Gasteiger partial charge in [-0.1, -0.05) is 0 Å². The molecule has 0 unspecified atom stereocenters. The summed E-state index contributed by atoms with van der Waals surface area (Å²) in [6.07, 6.45) is 0.305. The van der Waals surface area contributed by atoms with Crippen LogP contribution in [-0.2, 0) is 4.79 Å². The molecule has 1 heterocycles. The first-order chi connectivity index (χ1) is 14.5. The van der Waals surface area contributed by atoms with Crippen molar-refractivity contribution in [2.75, 3.05) is 50.5 Å². The monoisotopic (exact) mass is 408 g/mol. The Morgan fingerprint density at radius 1 is 1.13 bits per heavy atom. The quantitative estimate of drug-likeness (QED) is 0.311. The smallest absolute Gasteiger partial charge is 0.229 e. The van der Waals surface area contributed by atoms with E-state index in [0.717, 1.165) is 36.6 Å². The fourth-order valence-electron chi connectivity index (χ4n) is 3.33. The Hall–Kier alpha value is -3.19. The molecule has 0 atom stereocenters. The number of hydrogen-bond donors (Lipinski definition) is 1. The summed E-state index contributed by atoms with van der Waals surface area (Å²) in [5.41, 5.74) is 3.75. The van der Waals surface area contributed by atoms with E-state index in [1.54, 1.807) is 6.07 Å². The Balaban J connectivity index is 1.97. The van der Waals surface area contributed by atoms with Gasteiger partial charge >= 0.3 is 0 Å². The number of carbonyl (C=O) groups is 2. The number of hydrogen-bond acceptors (Lipinski definition) is 7. The number of aromatic nitrogens is 1. The average Bonchev–Trinajstić information content (AvgIpc) is 3.18. The summed E-state index contributed by atoms with van der Waals surface area (Å²) in [5.74, 6) is -0.211. The van der Waals surface area contributed by atoms with Gasteiger partial charge in [-0.25, -0.2) is 4.98 Å². The Morgan fingerprint density at radius 3 is 2.43 bits per heavy atom. The summed E-state index contributed by atoms with van der Waals surface area (Å²) >= 11 is 0. The van der Waals surface area contributed by atoms with Crippen molar-refractivity contribution >= 4 is 34.5 Å². The second kappa shape index (κ2) is 9.54. The normalized spacial score (nSPS) is 11.1. The number of carbonyl (C=O) groups excluding carboxylic acids is 2. The molecule has 0 fully saturated rings. The van der Waals surface area contributed by atoms with Gasteiger partial charge in [-0.05, 0) is 64.3 Å². The zero-order valence-electron chi connectivity index (χ0n) is 17.9. The fourth-order valence-corrected chi connectivity index (χ4v) is 3.33. The highest BCUT2D eigenvalue weighted by molar-refractivity contribution is 6.36. The molecule has 7 nitrogen and oxygen atoms in total. The van der Waals surface area contributed by atoms with Crippen molar-refractivity contribution in [1.82, 2.24) is 9.88 Å². The molecule has 7 heteroatoms. The van der Waals surface area contributed by atoms with Crippen LogP contribution in [0.3, 0.4) is 0 Å². The Bertz CT molecular complexity index is 1020. The van der Waals surface area contributed by atoms with Crippen molar-refractivity contribution < 1.29 is 14.0 Å². The highest BCUT2D eigenvalue weighted by Gasteiger charge is 2.18. The van der Waals surface area contributed by atoms with Gasteiger partial charge in [-0.2, -0.15) is 0 Å². The first kappa shape index (κ1) is 21.5. The van der Waals surface area contributed by atoms with Gasteiger partial charge in [0.2, 0.25) is 11.7 Å². The van der Waals surface area contributed by atoms with Crippen molar-refractivity contribution in [2.24, 2.45) is 0 Å². The standard InChI is InChI=1S/C23H28N4O3/c1-5-27(6-2)18-9-7-16(8-10-18)23-25-20-14-17(24-11-12-26(3)4)13-19(21(29)15-28)22(20)30-23/h7-10,13-15,24H,5-6,11-12H2,1-4H3. The topological polar surface area (TPSA) is 78.7 Å². The summed E-state index contributed by atoms with van der Waals surface area (Å²) in [6, 6.07) is 11.5. The number of rotatable bonds is 10. The van der Waals surface area contributed by atoms with Crippen LogP contribution in [0.15, 0.2) is 40.8 Å². The van der Waals surface area contributed by atoms with Crippen LogP contribution in [0.4, 0.5) is 11.4 Å². The lowest BCUT2D eigenvalue weighted by Gasteiger charge is -2.20. The Kier molecular flexibility index (Phi) is 6.84. The average molecular weight is 409 g/mol. The molecule has 158 valence electrons. The summed E-state index contributed by atoms with van der Waals surface area (Å²) in [7, 11) is 3.98. The molecular weight excluding hydrogens is 380 g/mol. The minimum Gasteiger partial charge on any atom is -0.435 e. The zero-order valence-corrected chi connectivity index (χ0v) is 17.9. The summed E-state index contributed by atoms with van der Waals surface area (Å²) in [6.45, 7) is 7.63. The molecule has 1 aromatic heterocycles. The SMILES string of the molecule is CCN(CC)c1ccc(-c2nc3cc(NCCN(C)C)cc(C(=O)C=O)c3o2)cc1. The van der Waals surface area contributed by atoms with Crippen LogP contribution in [0.1, 0.15) is 24.2 Å². The third kappa shape index (κ3) is 4.68. The summed E-state index contributed by atoms with van der Waals surface area (Å²) < 4.78 is 5.92. The van der Waals surface area contributed by atoms with Crippen LogP contribution in [0.25, 0.3) is 22.6 Å². The molecule has 0 bridgehead atoms. The minimum atomic E-state index is -0.629. The van der Waals surface area contributed by atoms with E-state index in [1.807, 2.05) is 44.4 Å². The van der Waals surface area contributed by atoms with Crippen molar-refractivity contribution in [3.05, 3.63) is 42.0 Å². The van der Waals surface area contributed by atoms with Gasteiger partial charge in [0, 0.05) is 43.1 Å². The number of nitrogens with one attached hydrogen (secondary N) is 1. The third-order valence-corrected chi connectivity index (χ3v) is 4.99. The van der Waals surface area contributed by atoms with Gasteiger partial charge < -0.3 is 19.5 Å². The molecular formula is C23H28N4O3. The van der Waals surface area contributed by atoms with Crippen molar-refractivity contribution in [2.45, 2.75) is 13.8 Å². The molecule has 0 radical (unpaired) electrons. The van der Waals surface area contributed by atoms with Gasteiger partial charge in [0.25, 0.3) is 0 Å². The van der Waals surface area contributed by atoms with Crippen LogP contribution in [0, 0.1) is 0 Å². The maximum absolute atomic E-state index is 12.2. The van der Waals surface area contributed by atoms with Gasteiger partial charge in [-0.3, -0.25) is 9.59 Å². The van der Waals surface area contributed by atoms with E-state index in [4.69, 9.17) is 4.42 Å². The minimum absolute atomic E-state index is 0.216. The van der Waals surface area contributed by atoms with Gasteiger partial charge in [-0.15, -0.1) is 0 Å². The number of ketones is 1. The van der Waals surface area contributed by atoms with Crippen LogP contribution in [-0.4, -0.2) is 62.2 Å². The molecule has 3 rings (SSSR count). The maximum Gasteiger partial charge on any atom is 0.229 e. The van der Waals surface area contributed by atoms with E-state index in [-0.39, 0.29) is 5.56 Å². The number of likely N-dealkylation sites (N-methyl/N-ethyl adjacent to an activating group) is 1. The first-order valence-electron chi connectivity index (χ1n) is 10.1. The number of anilines is 2. The lowest BCUT2D eigenvalue weighted by atomic mass is 10.1. The molecule has 1 N–H and O–H groups in total. The molecule has 0 amide bonds. The third-order valence-electron chi connectivity index (χ3n) is 4.99. The van der Waals surface area contributed by atoms with Gasteiger partial charge in [0.1, 0.15) is 5.52 Å². The molecule has 2 aromatic carbocycles. The fraction of sp³-hybridized carbons (Fsp3) is 0.348. The zero-order chi connectivity index (χ0) is 21.7. The number of aldehydes is 1. The number of oxazole rings is 1. The largest absolute Gasteiger partial charge is 0.435 e. The second-order valence-corrected chi connectivity index (χ2v) is 7.32. The molecule has 0 saturated carbocycles. The molecule has 30 heavy (non-hydrogen) atoms. The van der Waals surface area contributed by atoms with Crippen molar-refractivity contribution in [1.29, 1.82) is 0 Å². The lowest BCUT2D eigenvalue weighted by molar-refractivity contribution is -0.104. The number of Topliss-reactive ketones (excluding diaryl/α,β-unsaturated/α-hetero) is 1.